The van der Waals surface area contributed by atoms with Gasteiger partial charge in [0.1, 0.15) is 0 Å². The molecule has 0 amide bonds. The fraction of sp³-hybridized carbons (Fsp3) is 0.526. The van der Waals surface area contributed by atoms with Crippen LogP contribution in [0.25, 0.3) is 0 Å². The van der Waals surface area contributed by atoms with Gasteiger partial charge >= 0.3 is 0 Å². The van der Waals surface area contributed by atoms with Crippen LogP contribution in [0.5, 0.6) is 0 Å². The smallest absolute Gasteiger partial charge is 0.187 e. The number of hydrogen-bond acceptors (Lipinski definition) is 6. The summed E-state index contributed by atoms with van der Waals surface area (Å²) in [6, 6.07) is 3.85. The molecule has 134 valence electrons. The SMILES string of the molecule is CC[C@@H](C)Sc1ncc(CN2CCC(O)(c3cccnc3)CC2)cn1. The second kappa shape index (κ2) is 8.25. The standard InChI is InChI=1S/C19H26N4OS/c1-3-15(2)25-18-21-11-16(12-22-18)14-23-9-6-19(24,7-10-23)17-5-4-8-20-13-17/h4-5,8,11-13,15,24H,3,6-7,9-10,14H2,1-2H3/t15-/m1/s1. The van der Waals surface area contributed by atoms with E-state index in [1.807, 2.05) is 24.5 Å². The van der Waals surface area contributed by atoms with Gasteiger partial charge in [-0.25, -0.2) is 9.97 Å². The summed E-state index contributed by atoms with van der Waals surface area (Å²) in [5, 5.41) is 12.3. The highest BCUT2D eigenvalue weighted by molar-refractivity contribution is 7.99. The van der Waals surface area contributed by atoms with E-state index in [-0.39, 0.29) is 0 Å². The summed E-state index contributed by atoms with van der Waals surface area (Å²) in [4.78, 5) is 15.4. The average molecular weight is 359 g/mol. The monoisotopic (exact) mass is 358 g/mol. The van der Waals surface area contributed by atoms with Crippen molar-refractivity contribution < 1.29 is 5.11 Å². The van der Waals surface area contributed by atoms with Gasteiger partial charge in [-0.15, -0.1) is 0 Å². The summed E-state index contributed by atoms with van der Waals surface area (Å²) in [6.07, 6.45) is 9.94. The second-order valence-corrected chi connectivity index (χ2v) is 8.17. The van der Waals surface area contributed by atoms with Crippen molar-refractivity contribution in [2.45, 2.75) is 55.7 Å². The minimum absolute atomic E-state index is 0.540. The van der Waals surface area contributed by atoms with E-state index < -0.39 is 5.60 Å². The van der Waals surface area contributed by atoms with E-state index in [0.717, 1.165) is 55.2 Å². The third-order valence-corrected chi connectivity index (χ3v) is 6.01. The Kier molecular flexibility index (Phi) is 6.04. The second-order valence-electron chi connectivity index (χ2n) is 6.76. The van der Waals surface area contributed by atoms with E-state index in [1.165, 1.54) is 0 Å². The molecule has 0 unspecified atom stereocenters. The molecule has 5 nitrogen and oxygen atoms in total. The maximum absolute atomic E-state index is 10.9. The van der Waals surface area contributed by atoms with Gasteiger partial charge in [0.25, 0.3) is 0 Å². The molecule has 0 bridgehead atoms. The number of piperidine rings is 1. The number of aromatic nitrogens is 3. The molecule has 1 atom stereocenters. The van der Waals surface area contributed by atoms with Crippen molar-refractivity contribution in [2.75, 3.05) is 13.1 Å². The predicted octanol–water partition coefficient (Wildman–Crippen LogP) is 3.25. The minimum Gasteiger partial charge on any atom is -0.385 e. The van der Waals surface area contributed by atoms with E-state index in [2.05, 4.69) is 33.7 Å². The molecule has 2 aromatic rings. The maximum atomic E-state index is 10.9. The van der Waals surface area contributed by atoms with E-state index in [0.29, 0.717) is 5.25 Å². The normalized spacial score (nSPS) is 18.8. The largest absolute Gasteiger partial charge is 0.385 e. The lowest BCUT2D eigenvalue weighted by Gasteiger charge is -2.38. The lowest BCUT2D eigenvalue weighted by atomic mass is 9.85. The van der Waals surface area contributed by atoms with Crippen LogP contribution in [-0.4, -0.2) is 43.3 Å². The van der Waals surface area contributed by atoms with E-state index in [9.17, 15) is 5.11 Å². The van der Waals surface area contributed by atoms with Crippen LogP contribution in [0, 0.1) is 0 Å². The fourth-order valence-electron chi connectivity index (χ4n) is 3.01. The number of pyridine rings is 1. The molecule has 3 heterocycles. The van der Waals surface area contributed by atoms with E-state index in [1.54, 1.807) is 24.2 Å². The van der Waals surface area contributed by atoms with Gasteiger partial charge in [0.15, 0.2) is 5.16 Å². The van der Waals surface area contributed by atoms with Crippen molar-refractivity contribution in [3.63, 3.8) is 0 Å². The molecular formula is C19H26N4OS. The van der Waals surface area contributed by atoms with Gasteiger partial charge in [-0.2, -0.15) is 0 Å². The Labute approximate surface area is 153 Å². The number of likely N-dealkylation sites (tertiary alicyclic amines) is 1. The molecule has 0 saturated carbocycles. The van der Waals surface area contributed by atoms with Crippen LogP contribution in [0.15, 0.2) is 42.1 Å². The molecule has 25 heavy (non-hydrogen) atoms. The molecule has 1 saturated heterocycles. The van der Waals surface area contributed by atoms with Crippen molar-refractivity contribution in [2.24, 2.45) is 0 Å². The first-order valence-electron chi connectivity index (χ1n) is 8.92. The highest BCUT2D eigenvalue weighted by Crippen LogP contribution is 2.32. The molecule has 0 radical (unpaired) electrons. The summed E-state index contributed by atoms with van der Waals surface area (Å²) in [5.41, 5.74) is 1.29. The zero-order chi connectivity index (χ0) is 17.7. The van der Waals surface area contributed by atoms with Crippen LogP contribution in [0.3, 0.4) is 0 Å². The summed E-state index contributed by atoms with van der Waals surface area (Å²) < 4.78 is 0. The third-order valence-electron chi connectivity index (χ3n) is 4.85. The highest BCUT2D eigenvalue weighted by Gasteiger charge is 2.34. The summed E-state index contributed by atoms with van der Waals surface area (Å²) >= 11 is 1.72. The zero-order valence-corrected chi connectivity index (χ0v) is 15.7. The van der Waals surface area contributed by atoms with Crippen molar-refractivity contribution in [1.82, 2.24) is 19.9 Å². The van der Waals surface area contributed by atoms with Crippen molar-refractivity contribution in [3.8, 4) is 0 Å². The first-order chi connectivity index (χ1) is 12.1. The maximum Gasteiger partial charge on any atom is 0.187 e. The number of aliphatic hydroxyl groups is 1. The number of rotatable bonds is 6. The Bertz CT molecular complexity index is 657. The van der Waals surface area contributed by atoms with Gasteiger partial charge in [0.2, 0.25) is 0 Å². The molecule has 0 aromatic carbocycles. The Hall–Kier alpha value is -1.50. The van der Waals surface area contributed by atoms with E-state index >= 15 is 0 Å². The lowest BCUT2D eigenvalue weighted by Crippen LogP contribution is -2.42. The van der Waals surface area contributed by atoms with Crippen molar-refractivity contribution in [1.29, 1.82) is 0 Å². The van der Waals surface area contributed by atoms with Gasteiger partial charge < -0.3 is 5.11 Å². The van der Waals surface area contributed by atoms with Gasteiger partial charge in [0.05, 0.1) is 5.60 Å². The molecule has 1 aliphatic rings. The highest BCUT2D eigenvalue weighted by atomic mass is 32.2. The van der Waals surface area contributed by atoms with Gasteiger partial charge in [0, 0.05) is 60.8 Å². The van der Waals surface area contributed by atoms with Crippen molar-refractivity contribution in [3.05, 3.63) is 48.0 Å². The predicted molar refractivity (Wildman–Crippen MR) is 100 cm³/mol. The summed E-state index contributed by atoms with van der Waals surface area (Å²) in [6.45, 7) is 6.91. The Morgan fingerprint density at radius 1 is 1.24 bits per heavy atom. The Morgan fingerprint density at radius 2 is 1.96 bits per heavy atom. The Balaban J connectivity index is 1.54. The van der Waals surface area contributed by atoms with Crippen molar-refractivity contribution >= 4 is 11.8 Å². The summed E-state index contributed by atoms with van der Waals surface area (Å²) in [5.74, 6) is 0. The van der Waals surface area contributed by atoms with Crippen LogP contribution in [0.2, 0.25) is 0 Å². The molecule has 0 aliphatic carbocycles. The molecule has 1 aliphatic heterocycles. The molecule has 1 N–H and O–H groups in total. The first kappa shape index (κ1) is 18.3. The van der Waals surface area contributed by atoms with Crippen LogP contribution in [0.1, 0.15) is 44.2 Å². The topological polar surface area (TPSA) is 62.1 Å². The van der Waals surface area contributed by atoms with E-state index in [4.69, 9.17) is 0 Å². The Morgan fingerprint density at radius 3 is 2.56 bits per heavy atom. The molecular weight excluding hydrogens is 332 g/mol. The average Bonchev–Trinajstić information content (AvgIpc) is 2.66. The zero-order valence-electron chi connectivity index (χ0n) is 14.9. The third kappa shape index (κ3) is 4.77. The quantitative estimate of drug-likeness (QED) is 0.632. The lowest BCUT2D eigenvalue weighted by molar-refractivity contribution is -0.0280. The summed E-state index contributed by atoms with van der Waals surface area (Å²) in [7, 11) is 0. The first-order valence-corrected chi connectivity index (χ1v) is 9.80. The van der Waals surface area contributed by atoms with Gasteiger partial charge in [-0.3, -0.25) is 9.88 Å². The van der Waals surface area contributed by atoms with Gasteiger partial charge in [-0.1, -0.05) is 31.7 Å². The van der Waals surface area contributed by atoms with Gasteiger partial charge in [-0.05, 0) is 25.3 Å². The van der Waals surface area contributed by atoms with Crippen LogP contribution in [-0.2, 0) is 12.1 Å². The number of thioether (sulfide) groups is 1. The molecule has 6 heteroatoms. The molecule has 2 aromatic heterocycles. The number of hydrogen-bond donors (Lipinski definition) is 1. The molecule has 0 spiro atoms. The van der Waals surface area contributed by atoms with Crippen LogP contribution >= 0.6 is 11.8 Å². The molecule has 3 rings (SSSR count). The fourth-order valence-corrected chi connectivity index (χ4v) is 3.77. The van der Waals surface area contributed by atoms with Crippen LogP contribution < -0.4 is 0 Å². The molecule has 1 fully saturated rings. The van der Waals surface area contributed by atoms with Crippen LogP contribution in [0.4, 0.5) is 0 Å². The number of nitrogens with zero attached hydrogens (tertiary/aromatic N) is 4. The minimum atomic E-state index is -0.752.